The van der Waals surface area contributed by atoms with Crippen LogP contribution in [-0.2, 0) is 0 Å². The Morgan fingerprint density at radius 3 is 3.05 bits per heavy atom. The lowest BCUT2D eigenvalue weighted by atomic mass is 10.1. The number of aliphatic hydroxyl groups excluding tert-OH is 1. The van der Waals surface area contributed by atoms with Gasteiger partial charge in [0.25, 0.3) is 5.69 Å². The molecule has 1 atom stereocenters. The molecule has 7 nitrogen and oxygen atoms in total. The van der Waals surface area contributed by atoms with Crippen LogP contribution in [0.15, 0.2) is 24.3 Å². The Morgan fingerprint density at radius 1 is 1.52 bits per heavy atom. The predicted molar refractivity (Wildman–Crippen MR) is 78.2 cm³/mol. The number of hydrogen-bond acceptors (Lipinski definition) is 4. The smallest absolute Gasteiger partial charge is 0.322 e. The zero-order valence-electron chi connectivity index (χ0n) is 11.7. The SMILES string of the molecule is O=C(Nc1cccc([N+](=O)[O-])c1)N1CCCC1CCCO. The largest absolute Gasteiger partial charge is 0.396 e. The van der Waals surface area contributed by atoms with Gasteiger partial charge in [-0.25, -0.2) is 4.79 Å². The summed E-state index contributed by atoms with van der Waals surface area (Å²) in [5.74, 6) is 0. The molecule has 2 rings (SSSR count). The summed E-state index contributed by atoms with van der Waals surface area (Å²) in [6, 6.07) is 5.79. The van der Waals surface area contributed by atoms with Gasteiger partial charge in [0.1, 0.15) is 0 Å². The first-order valence-electron chi connectivity index (χ1n) is 7.05. The number of nitro benzene ring substituents is 1. The molecule has 21 heavy (non-hydrogen) atoms. The number of amides is 2. The number of rotatable bonds is 5. The Morgan fingerprint density at radius 2 is 2.33 bits per heavy atom. The van der Waals surface area contributed by atoms with Gasteiger partial charge >= 0.3 is 6.03 Å². The van der Waals surface area contributed by atoms with Crippen LogP contribution in [0.3, 0.4) is 0 Å². The average molecular weight is 293 g/mol. The van der Waals surface area contributed by atoms with Crippen LogP contribution in [-0.4, -0.2) is 40.2 Å². The van der Waals surface area contributed by atoms with Crippen LogP contribution in [0.5, 0.6) is 0 Å². The zero-order valence-corrected chi connectivity index (χ0v) is 11.7. The van der Waals surface area contributed by atoms with Crippen LogP contribution < -0.4 is 5.32 Å². The highest BCUT2D eigenvalue weighted by atomic mass is 16.6. The third-order valence-electron chi connectivity index (χ3n) is 3.64. The van der Waals surface area contributed by atoms with Gasteiger partial charge in [-0.05, 0) is 31.7 Å². The molecule has 1 saturated heterocycles. The van der Waals surface area contributed by atoms with Crippen molar-refractivity contribution in [2.75, 3.05) is 18.5 Å². The summed E-state index contributed by atoms with van der Waals surface area (Å²) in [5.41, 5.74) is 0.369. The van der Waals surface area contributed by atoms with Gasteiger partial charge < -0.3 is 15.3 Å². The third kappa shape index (κ3) is 3.91. The van der Waals surface area contributed by atoms with E-state index in [1.54, 1.807) is 17.0 Å². The number of non-ortho nitro benzene ring substituents is 1. The maximum absolute atomic E-state index is 12.3. The van der Waals surface area contributed by atoms with E-state index in [1.165, 1.54) is 12.1 Å². The molecule has 2 amide bonds. The Bertz CT molecular complexity index is 521. The molecule has 114 valence electrons. The molecule has 1 unspecified atom stereocenters. The minimum absolute atomic E-state index is 0.0500. The molecule has 0 spiro atoms. The van der Waals surface area contributed by atoms with E-state index in [4.69, 9.17) is 5.11 Å². The van der Waals surface area contributed by atoms with Crippen LogP contribution in [0.1, 0.15) is 25.7 Å². The first kappa shape index (κ1) is 15.2. The molecule has 7 heteroatoms. The van der Waals surface area contributed by atoms with Crippen molar-refractivity contribution in [2.45, 2.75) is 31.7 Å². The molecular weight excluding hydrogens is 274 g/mol. The molecule has 0 aliphatic carbocycles. The lowest BCUT2D eigenvalue weighted by Gasteiger charge is -2.24. The summed E-state index contributed by atoms with van der Waals surface area (Å²) in [6.45, 7) is 0.799. The summed E-state index contributed by atoms with van der Waals surface area (Å²) < 4.78 is 0. The monoisotopic (exact) mass is 293 g/mol. The number of hydrogen-bond donors (Lipinski definition) is 2. The fourth-order valence-corrected chi connectivity index (χ4v) is 2.62. The maximum atomic E-state index is 12.3. The van der Waals surface area contributed by atoms with E-state index >= 15 is 0 Å². The summed E-state index contributed by atoms with van der Waals surface area (Å²) in [4.78, 5) is 24.2. The lowest BCUT2D eigenvalue weighted by Crippen LogP contribution is -2.38. The second-order valence-corrected chi connectivity index (χ2v) is 5.09. The quantitative estimate of drug-likeness (QED) is 0.643. The normalized spacial score (nSPS) is 17.8. The van der Waals surface area contributed by atoms with Gasteiger partial charge in [0.05, 0.1) is 4.92 Å². The zero-order chi connectivity index (χ0) is 15.2. The Labute approximate surface area is 122 Å². The third-order valence-corrected chi connectivity index (χ3v) is 3.64. The minimum Gasteiger partial charge on any atom is -0.396 e. The number of nitrogens with one attached hydrogen (secondary N) is 1. The van der Waals surface area contributed by atoms with Crippen molar-refractivity contribution in [1.29, 1.82) is 0 Å². The maximum Gasteiger partial charge on any atom is 0.322 e. The van der Waals surface area contributed by atoms with Crippen molar-refractivity contribution in [3.8, 4) is 0 Å². The van der Waals surface area contributed by atoms with Crippen LogP contribution in [0.25, 0.3) is 0 Å². The topological polar surface area (TPSA) is 95.7 Å². The molecule has 1 aliphatic rings. The molecule has 1 aliphatic heterocycles. The molecule has 1 aromatic rings. The van der Waals surface area contributed by atoms with E-state index in [-0.39, 0.29) is 24.4 Å². The predicted octanol–water partition coefficient (Wildman–Crippen LogP) is 2.36. The van der Waals surface area contributed by atoms with E-state index in [1.807, 2.05) is 0 Å². The van der Waals surface area contributed by atoms with Crippen molar-refractivity contribution in [3.05, 3.63) is 34.4 Å². The van der Waals surface area contributed by atoms with Gasteiger partial charge in [0.2, 0.25) is 0 Å². The molecule has 1 fully saturated rings. The molecule has 0 aromatic heterocycles. The standard InChI is InChI=1S/C14H19N3O4/c18-9-3-7-12-6-2-8-16(12)14(19)15-11-4-1-5-13(10-11)17(20)21/h1,4-5,10,12,18H,2-3,6-9H2,(H,15,19). The molecule has 0 bridgehead atoms. The number of carbonyl (C=O) groups excluding carboxylic acids is 1. The summed E-state index contributed by atoms with van der Waals surface area (Å²) in [7, 11) is 0. The van der Waals surface area contributed by atoms with Crippen molar-refractivity contribution in [1.82, 2.24) is 4.90 Å². The molecule has 2 N–H and O–H groups in total. The van der Waals surface area contributed by atoms with E-state index < -0.39 is 4.92 Å². The molecule has 1 heterocycles. The van der Waals surface area contributed by atoms with Gasteiger partial charge in [-0.3, -0.25) is 10.1 Å². The number of carbonyl (C=O) groups is 1. The second kappa shape index (κ2) is 7.03. The summed E-state index contributed by atoms with van der Waals surface area (Å²) in [5, 5.41) is 22.3. The first-order chi connectivity index (χ1) is 10.1. The van der Waals surface area contributed by atoms with E-state index in [2.05, 4.69) is 5.32 Å². The lowest BCUT2D eigenvalue weighted by molar-refractivity contribution is -0.384. The van der Waals surface area contributed by atoms with Crippen molar-refractivity contribution in [2.24, 2.45) is 0 Å². The molecule has 1 aromatic carbocycles. The van der Waals surface area contributed by atoms with Gasteiger partial charge in [-0.15, -0.1) is 0 Å². The van der Waals surface area contributed by atoms with Gasteiger partial charge in [0, 0.05) is 37.0 Å². The molecular formula is C14H19N3O4. The molecule has 0 radical (unpaired) electrons. The highest BCUT2D eigenvalue weighted by molar-refractivity contribution is 5.90. The van der Waals surface area contributed by atoms with Crippen molar-refractivity contribution < 1.29 is 14.8 Å². The number of anilines is 1. The van der Waals surface area contributed by atoms with Gasteiger partial charge in [0.15, 0.2) is 0 Å². The van der Waals surface area contributed by atoms with Crippen molar-refractivity contribution >= 4 is 17.4 Å². The number of aliphatic hydroxyl groups is 1. The minimum atomic E-state index is -0.491. The van der Waals surface area contributed by atoms with Crippen LogP contribution in [0.4, 0.5) is 16.2 Å². The van der Waals surface area contributed by atoms with Gasteiger partial charge in [-0.1, -0.05) is 6.07 Å². The average Bonchev–Trinajstić information content (AvgIpc) is 2.93. The molecule has 0 saturated carbocycles. The van der Waals surface area contributed by atoms with Crippen LogP contribution in [0.2, 0.25) is 0 Å². The fourth-order valence-electron chi connectivity index (χ4n) is 2.62. The van der Waals surface area contributed by atoms with E-state index in [9.17, 15) is 14.9 Å². The number of nitrogens with zero attached hydrogens (tertiary/aromatic N) is 2. The fraction of sp³-hybridized carbons (Fsp3) is 0.500. The highest BCUT2D eigenvalue weighted by Gasteiger charge is 2.28. The van der Waals surface area contributed by atoms with Crippen LogP contribution >= 0.6 is 0 Å². The highest BCUT2D eigenvalue weighted by Crippen LogP contribution is 2.23. The van der Waals surface area contributed by atoms with Crippen LogP contribution in [0, 0.1) is 10.1 Å². The Kier molecular flexibility index (Phi) is 5.10. The number of urea groups is 1. The van der Waals surface area contributed by atoms with E-state index in [0.29, 0.717) is 18.7 Å². The first-order valence-corrected chi connectivity index (χ1v) is 7.05. The number of benzene rings is 1. The Hall–Kier alpha value is -2.15. The Balaban J connectivity index is 2.00. The second-order valence-electron chi connectivity index (χ2n) is 5.09. The number of likely N-dealkylation sites (tertiary alicyclic amines) is 1. The number of nitro groups is 1. The summed E-state index contributed by atoms with van der Waals surface area (Å²) in [6.07, 6.45) is 3.32. The van der Waals surface area contributed by atoms with Gasteiger partial charge in [-0.2, -0.15) is 0 Å². The summed E-state index contributed by atoms with van der Waals surface area (Å²) >= 11 is 0. The van der Waals surface area contributed by atoms with E-state index in [0.717, 1.165) is 19.3 Å². The van der Waals surface area contributed by atoms with Crippen molar-refractivity contribution in [3.63, 3.8) is 0 Å².